The van der Waals surface area contributed by atoms with Crippen LogP contribution in [0, 0.1) is 0 Å². The van der Waals surface area contributed by atoms with Crippen molar-refractivity contribution in [3.05, 3.63) is 24.4 Å². The second-order valence-electron chi connectivity index (χ2n) is 5.07. The van der Waals surface area contributed by atoms with E-state index < -0.39 is 6.09 Å². The maximum Gasteiger partial charge on any atom is 0.410 e. The van der Waals surface area contributed by atoms with Crippen LogP contribution in [0.3, 0.4) is 0 Å². The quantitative estimate of drug-likeness (QED) is 0.808. The smallest absolute Gasteiger partial charge is 0.410 e. The van der Waals surface area contributed by atoms with E-state index in [0.717, 1.165) is 6.42 Å². The number of likely N-dealkylation sites (tertiary alicyclic amines) is 1. The summed E-state index contributed by atoms with van der Waals surface area (Å²) in [4.78, 5) is 30.7. The number of hydrogen-bond acceptors (Lipinski definition) is 5. The van der Waals surface area contributed by atoms with E-state index in [1.807, 2.05) is 12.1 Å². The average molecular weight is 291 g/mol. The highest BCUT2D eigenvalue weighted by molar-refractivity contribution is 5.83. The Morgan fingerprint density at radius 3 is 3.05 bits per heavy atom. The molecule has 0 spiro atoms. The Hall–Kier alpha value is -2.31. The summed E-state index contributed by atoms with van der Waals surface area (Å²) in [6.07, 6.45) is 1.98. The van der Waals surface area contributed by atoms with E-state index in [1.54, 1.807) is 17.2 Å². The van der Waals surface area contributed by atoms with Gasteiger partial charge in [-0.15, -0.1) is 0 Å². The van der Waals surface area contributed by atoms with E-state index in [1.165, 1.54) is 4.90 Å². The van der Waals surface area contributed by atoms with Crippen LogP contribution >= 0.6 is 0 Å². The number of pyridine rings is 1. The van der Waals surface area contributed by atoms with Gasteiger partial charge in [0.1, 0.15) is 19.3 Å². The molecule has 1 aromatic rings. The monoisotopic (exact) mass is 291 g/mol. The molecule has 0 saturated carbocycles. The van der Waals surface area contributed by atoms with Gasteiger partial charge < -0.3 is 14.4 Å². The number of ether oxygens (including phenoxy) is 2. The molecule has 7 nitrogen and oxygen atoms in total. The van der Waals surface area contributed by atoms with Crippen molar-refractivity contribution >= 4 is 12.0 Å². The van der Waals surface area contributed by atoms with Gasteiger partial charge in [-0.05, 0) is 6.07 Å². The van der Waals surface area contributed by atoms with Crippen molar-refractivity contribution in [2.75, 3.05) is 32.8 Å². The fourth-order valence-electron chi connectivity index (χ4n) is 2.47. The number of hydrogen-bond donors (Lipinski definition) is 0. The van der Waals surface area contributed by atoms with E-state index in [0.29, 0.717) is 32.1 Å². The van der Waals surface area contributed by atoms with Gasteiger partial charge in [-0.2, -0.15) is 0 Å². The first-order chi connectivity index (χ1) is 10.2. The highest BCUT2D eigenvalue weighted by atomic mass is 16.6. The van der Waals surface area contributed by atoms with Crippen LogP contribution in [-0.4, -0.2) is 65.7 Å². The fraction of sp³-hybridized carbons (Fsp3) is 0.500. The average Bonchev–Trinajstić information content (AvgIpc) is 3.10. The number of cyclic esters (lactones) is 1. The molecular weight excluding hydrogens is 274 g/mol. The van der Waals surface area contributed by atoms with E-state index in [9.17, 15) is 9.59 Å². The molecule has 3 heterocycles. The molecule has 1 aromatic heterocycles. The van der Waals surface area contributed by atoms with Gasteiger partial charge in [-0.1, -0.05) is 6.07 Å². The zero-order chi connectivity index (χ0) is 14.7. The maximum absolute atomic E-state index is 12.2. The van der Waals surface area contributed by atoms with Crippen LogP contribution in [0.1, 0.15) is 6.42 Å². The lowest BCUT2D eigenvalue weighted by Crippen LogP contribution is -2.40. The molecule has 2 amide bonds. The summed E-state index contributed by atoms with van der Waals surface area (Å²) in [5, 5.41) is 0. The molecule has 2 aliphatic heterocycles. The van der Waals surface area contributed by atoms with Gasteiger partial charge in [0.05, 0.1) is 13.1 Å². The first kappa shape index (κ1) is 13.7. The van der Waals surface area contributed by atoms with E-state index >= 15 is 0 Å². The van der Waals surface area contributed by atoms with Gasteiger partial charge >= 0.3 is 6.09 Å². The molecule has 2 aliphatic rings. The summed E-state index contributed by atoms with van der Waals surface area (Å²) < 4.78 is 10.5. The first-order valence-corrected chi connectivity index (χ1v) is 6.99. The Kier molecular flexibility index (Phi) is 3.89. The minimum absolute atomic E-state index is 0.0469. The molecule has 7 heteroatoms. The van der Waals surface area contributed by atoms with Gasteiger partial charge in [0, 0.05) is 25.2 Å². The van der Waals surface area contributed by atoms with E-state index in [4.69, 9.17) is 9.47 Å². The minimum atomic E-state index is -0.413. The van der Waals surface area contributed by atoms with Crippen LogP contribution in [0.5, 0.6) is 5.88 Å². The number of carbonyl (C=O) groups excluding carboxylic acids is 2. The highest BCUT2D eigenvalue weighted by Crippen LogP contribution is 2.16. The third-order valence-corrected chi connectivity index (χ3v) is 3.59. The number of carbonyl (C=O) groups is 2. The minimum Gasteiger partial charge on any atom is -0.472 e. The summed E-state index contributed by atoms with van der Waals surface area (Å²) in [7, 11) is 0. The third kappa shape index (κ3) is 3.24. The van der Waals surface area contributed by atoms with Crippen molar-refractivity contribution < 1.29 is 19.1 Å². The Morgan fingerprint density at radius 2 is 2.33 bits per heavy atom. The molecule has 3 rings (SSSR count). The van der Waals surface area contributed by atoms with Gasteiger partial charge in [0.15, 0.2) is 0 Å². The van der Waals surface area contributed by atoms with Crippen molar-refractivity contribution in [3.63, 3.8) is 0 Å². The number of aromatic nitrogens is 1. The number of nitrogens with zero attached hydrogens (tertiary/aromatic N) is 3. The Labute approximate surface area is 122 Å². The molecule has 0 aromatic carbocycles. The summed E-state index contributed by atoms with van der Waals surface area (Å²) in [5.74, 6) is 0.501. The van der Waals surface area contributed by atoms with Crippen molar-refractivity contribution in [2.45, 2.75) is 12.5 Å². The normalized spacial score (nSPS) is 21.5. The summed E-state index contributed by atoms with van der Waals surface area (Å²) >= 11 is 0. The van der Waals surface area contributed by atoms with E-state index in [-0.39, 0.29) is 18.6 Å². The van der Waals surface area contributed by atoms with Gasteiger partial charge in [0.25, 0.3) is 0 Å². The molecule has 0 N–H and O–H groups in total. The van der Waals surface area contributed by atoms with Gasteiger partial charge in [-0.3, -0.25) is 9.69 Å². The van der Waals surface area contributed by atoms with Crippen molar-refractivity contribution in [2.24, 2.45) is 0 Å². The van der Waals surface area contributed by atoms with Crippen LogP contribution < -0.4 is 4.74 Å². The summed E-state index contributed by atoms with van der Waals surface area (Å²) in [6, 6.07) is 5.48. The van der Waals surface area contributed by atoms with Crippen LogP contribution in [0.4, 0.5) is 4.79 Å². The second-order valence-corrected chi connectivity index (χ2v) is 5.07. The number of rotatable bonds is 4. The molecule has 1 atom stereocenters. The third-order valence-electron chi connectivity index (χ3n) is 3.59. The predicted octanol–water partition coefficient (Wildman–Crippen LogP) is 0.513. The summed E-state index contributed by atoms with van der Waals surface area (Å²) in [6.45, 7) is 2.08. The van der Waals surface area contributed by atoms with Crippen LogP contribution in [0.25, 0.3) is 0 Å². The Balaban J connectivity index is 1.50. The molecule has 0 bridgehead atoms. The molecule has 1 unspecified atom stereocenters. The lowest BCUT2D eigenvalue weighted by atomic mass is 10.3. The van der Waals surface area contributed by atoms with Crippen molar-refractivity contribution in [3.8, 4) is 5.88 Å². The van der Waals surface area contributed by atoms with Crippen LogP contribution in [0.15, 0.2) is 24.4 Å². The standard InChI is InChI=1S/C14H17N3O4/c18-13(10-17-7-8-20-14(17)19)16-6-4-11(9-16)21-12-3-1-2-5-15-12/h1-3,5,11H,4,6-10H2. The second kappa shape index (κ2) is 5.99. The van der Waals surface area contributed by atoms with E-state index in [2.05, 4.69) is 4.98 Å². The van der Waals surface area contributed by atoms with Gasteiger partial charge in [-0.25, -0.2) is 9.78 Å². The maximum atomic E-state index is 12.2. The topological polar surface area (TPSA) is 72.0 Å². The molecule has 0 radical (unpaired) electrons. The lowest BCUT2D eigenvalue weighted by Gasteiger charge is -2.19. The lowest BCUT2D eigenvalue weighted by molar-refractivity contribution is -0.130. The Morgan fingerprint density at radius 1 is 1.43 bits per heavy atom. The zero-order valence-electron chi connectivity index (χ0n) is 11.6. The van der Waals surface area contributed by atoms with Crippen LogP contribution in [-0.2, 0) is 9.53 Å². The highest BCUT2D eigenvalue weighted by Gasteiger charge is 2.31. The largest absolute Gasteiger partial charge is 0.472 e. The van der Waals surface area contributed by atoms with Crippen molar-refractivity contribution in [1.29, 1.82) is 0 Å². The predicted molar refractivity (Wildman–Crippen MR) is 72.8 cm³/mol. The van der Waals surface area contributed by atoms with Gasteiger partial charge in [0.2, 0.25) is 11.8 Å². The number of amides is 2. The van der Waals surface area contributed by atoms with Crippen LogP contribution in [0.2, 0.25) is 0 Å². The molecule has 112 valence electrons. The molecule has 2 saturated heterocycles. The molecule has 21 heavy (non-hydrogen) atoms. The molecule has 2 fully saturated rings. The Bertz CT molecular complexity index is 522. The summed E-state index contributed by atoms with van der Waals surface area (Å²) in [5.41, 5.74) is 0. The van der Waals surface area contributed by atoms with Crippen molar-refractivity contribution in [1.82, 2.24) is 14.8 Å². The SMILES string of the molecule is O=C(CN1CCOC1=O)N1CCC(Oc2ccccn2)C1. The fourth-order valence-corrected chi connectivity index (χ4v) is 2.47. The molecule has 0 aliphatic carbocycles. The zero-order valence-corrected chi connectivity index (χ0v) is 11.6. The molecular formula is C14H17N3O4. The first-order valence-electron chi connectivity index (χ1n) is 6.99.